The number of hydrogen-bond acceptors (Lipinski definition) is 2. The van der Waals surface area contributed by atoms with Crippen LogP contribution in [0, 0.1) is 11.2 Å². The van der Waals surface area contributed by atoms with Gasteiger partial charge in [-0.05, 0) is 30.7 Å². The fraction of sp³-hybridized carbons (Fsp3) is 0.583. The summed E-state index contributed by atoms with van der Waals surface area (Å²) in [5.41, 5.74) is -0.160. The van der Waals surface area contributed by atoms with Crippen LogP contribution in [-0.4, -0.2) is 10.1 Å². The van der Waals surface area contributed by atoms with E-state index in [1.165, 1.54) is 6.07 Å². The molecule has 0 spiro atoms. The summed E-state index contributed by atoms with van der Waals surface area (Å²) in [4.78, 5) is 3.79. The number of pyridine rings is 1. The van der Waals surface area contributed by atoms with E-state index in [-0.39, 0.29) is 11.2 Å². The average Bonchev–Trinajstić information content (AvgIpc) is 2.42. The normalized spacial score (nSPS) is 29.3. The van der Waals surface area contributed by atoms with Crippen molar-refractivity contribution in [2.75, 3.05) is 0 Å². The van der Waals surface area contributed by atoms with Crippen LogP contribution in [0.4, 0.5) is 4.39 Å². The predicted octanol–water partition coefficient (Wildman–Crippen LogP) is 2.62. The van der Waals surface area contributed by atoms with Crippen LogP contribution in [-0.2, 0) is 5.60 Å². The van der Waals surface area contributed by atoms with Gasteiger partial charge >= 0.3 is 0 Å². The molecule has 1 atom stereocenters. The Hall–Kier alpha value is -0.960. The van der Waals surface area contributed by atoms with E-state index in [0.29, 0.717) is 18.4 Å². The second kappa shape index (κ2) is 3.27. The minimum absolute atomic E-state index is 0.126. The second-order valence-electron chi connectivity index (χ2n) is 5.26. The molecule has 15 heavy (non-hydrogen) atoms. The van der Waals surface area contributed by atoms with Crippen molar-refractivity contribution in [1.82, 2.24) is 4.98 Å². The molecular weight excluding hydrogens is 193 g/mol. The van der Waals surface area contributed by atoms with Gasteiger partial charge in [0, 0.05) is 11.8 Å². The standard InChI is InChI=1S/C12H16FNO/c1-11(2)3-4-12(15,8-11)9-5-10(13)7-14-6-9/h5-7,15H,3-4,8H2,1-2H3. The smallest absolute Gasteiger partial charge is 0.141 e. The first-order valence-electron chi connectivity index (χ1n) is 5.25. The first kappa shape index (κ1) is 10.6. The van der Waals surface area contributed by atoms with E-state index < -0.39 is 5.60 Å². The molecule has 0 amide bonds. The molecular formula is C12H16FNO. The Morgan fingerprint density at radius 2 is 2.07 bits per heavy atom. The highest BCUT2D eigenvalue weighted by atomic mass is 19.1. The molecule has 0 aliphatic heterocycles. The monoisotopic (exact) mass is 209 g/mol. The Balaban J connectivity index is 2.31. The van der Waals surface area contributed by atoms with Gasteiger partial charge in [0.25, 0.3) is 0 Å². The van der Waals surface area contributed by atoms with Crippen LogP contribution in [0.2, 0.25) is 0 Å². The number of halogens is 1. The van der Waals surface area contributed by atoms with E-state index in [0.717, 1.165) is 12.6 Å². The van der Waals surface area contributed by atoms with Crippen molar-refractivity contribution in [2.24, 2.45) is 5.41 Å². The number of rotatable bonds is 1. The molecule has 1 aromatic rings. The van der Waals surface area contributed by atoms with Gasteiger partial charge < -0.3 is 5.11 Å². The Morgan fingerprint density at radius 3 is 2.60 bits per heavy atom. The van der Waals surface area contributed by atoms with Crippen molar-refractivity contribution in [2.45, 2.75) is 38.7 Å². The van der Waals surface area contributed by atoms with E-state index in [2.05, 4.69) is 18.8 Å². The quantitative estimate of drug-likeness (QED) is 0.771. The SMILES string of the molecule is CC1(C)CCC(O)(c2cncc(F)c2)C1. The summed E-state index contributed by atoms with van der Waals surface area (Å²) in [6, 6.07) is 1.38. The van der Waals surface area contributed by atoms with E-state index in [1.807, 2.05) is 0 Å². The summed E-state index contributed by atoms with van der Waals surface area (Å²) in [5, 5.41) is 10.4. The van der Waals surface area contributed by atoms with Crippen LogP contribution >= 0.6 is 0 Å². The molecule has 0 saturated heterocycles. The Bertz CT molecular complexity index is 378. The van der Waals surface area contributed by atoms with Crippen molar-refractivity contribution in [3.63, 3.8) is 0 Å². The molecule has 82 valence electrons. The maximum Gasteiger partial charge on any atom is 0.141 e. The minimum atomic E-state index is -0.890. The van der Waals surface area contributed by atoms with Crippen LogP contribution in [0.3, 0.4) is 0 Å². The van der Waals surface area contributed by atoms with Gasteiger partial charge in [-0.1, -0.05) is 13.8 Å². The van der Waals surface area contributed by atoms with Crippen LogP contribution in [0.25, 0.3) is 0 Å². The van der Waals surface area contributed by atoms with Crippen LogP contribution < -0.4 is 0 Å². The molecule has 1 heterocycles. The molecule has 1 aliphatic carbocycles. The highest BCUT2D eigenvalue weighted by Crippen LogP contribution is 2.48. The number of aliphatic hydroxyl groups is 1. The Labute approximate surface area is 89.2 Å². The molecule has 2 nitrogen and oxygen atoms in total. The highest BCUT2D eigenvalue weighted by molar-refractivity contribution is 5.21. The van der Waals surface area contributed by atoms with Crippen molar-refractivity contribution < 1.29 is 9.50 Å². The lowest BCUT2D eigenvalue weighted by Crippen LogP contribution is -2.23. The van der Waals surface area contributed by atoms with Gasteiger partial charge in [0.05, 0.1) is 11.8 Å². The van der Waals surface area contributed by atoms with Gasteiger partial charge in [0.1, 0.15) is 5.82 Å². The molecule has 0 aromatic carbocycles. The van der Waals surface area contributed by atoms with Gasteiger partial charge in [-0.25, -0.2) is 4.39 Å². The van der Waals surface area contributed by atoms with Gasteiger partial charge in [0.2, 0.25) is 0 Å². The largest absolute Gasteiger partial charge is 0.385 e. The highest BCUT2D eigenvalue weighted by Gasteiger charge is 2.43. The average molecular weight is 209 g/mol. The number of hydrogen-bond donors (Lipinski definition) is 1. The fourth-order valence-electron chi connectivity index (χ4n) is 2.43. The summed E-state index contributed by atoms with van der Waals surface area (Å²) in [5.74, 6) is -0.384. The number of aromatic nitrogens is 1. The zero-order valence-corrected chi connectivity index (χ0v) is 9.13. The lowest BCUT2D eigenvalue weighted by Gasteiger charge is -2.25. The minimum Gasteiger partial charge on any atom is -0.385 e. The number of nitrogens with zero attached hydrogens (tertiary/aromatic N) is 1. The fourth-order valence-corrected chi connectivity index (χ4v) is 2.43. The first-order valence-corrected chi connectivity index (χ1v) is 5.25. The van der Waals surface area contributed by atoms with Crippen molar-refractivity contribution >= 4 is 0 Å². The summed E-state index contributed by atoms with van der Waals surface area (Å²) in [6.45, 7) is 4.25. The van der Waals surface area contributed by atoms with E-state index >= 15 is 0 Å². The summed E-state index contributed by atoms with van der Waals surface area (Å²) in [7, 11) is 0. The van der Waals surface area contributed by atoms with Gasteiger partial charge in [-0.3, -0.25) is 4.98 Å². The van der Waals surface area contributed by atoms with E-state index in [4.69, 9.17) is 0 Å². The third-order valence-corrected chi connectivity index (χ3v) is 3.23. The Kier molecular flexibility index (Phi) is 2.30. The van der Waals surface area contributed by atoms with E-state index in [1.54, 1.807) is 6.20 Å². The molecule has 3 heteroatoms. The van der Waals surface area contributed by atoms with E-state index in [9.17, 15) is 9.50 Å². The molecule has 1 saturated carbocycles. The molecule has 2 rings (SSSR count). The van der Waals surface area contributed by atoms with Crippen molar-refractivity contribution in [3.05, 3.63) is 29.8 Å². The summed E-state index contributed by atoms with van der Waals surface area (Å²) >= 11 is 0. The molecule has 0 bridgehead atoms. The summed E-state index contributed by atoms with van der Waals surface area (Å²) < 4.78 is 13.0. The molecule has 1 N–H and O–H groups in total. The molecule has 1 fully saturated rings. The third-order valence-electron chi connectivity index (χ3n) is 3.23. The maximum absolute atomic E-state index is 13.0. The first-order chi connectivity index (χ1) is 6.91. The van der Waals surface area contributed by atoms with Crippen LogP contribution in [0.15, 0.2) is 18.5 Å². The van der Waals surface area contributed by atoms with Gasteiger partial charge in [0.15, 0.2) is 0 Å². The zero-order valence-electron chi connectivity index (χ0n) is 9.13. The van der Waals surface area contributed by atoms with Gasteiger partial charge in [-0.15, -0.1) is 0 Å². The Morgan fingerprint density at radius 1 is 1.33 bits per heavy atom. The third kappa shape index (κ3) is 2.02. The lowest BCUT2D eigenvalue weighted by molar-refractivity contribution is 0.0332. The maximum atomic E-state index is 13.0. The second-order valence-corrected chi connectivity index (χ2v) is 5.26. The van der Waals surface area contributed by atoms with Crippen molar-refractivity contribution in [1.29, 1.82) is 0 Å². The lowest BCUT2D eigenvalue weighted by atomic mass is 9.86. The molecule has 0 radical (unpaired) electrons. The van der Waals surface area contributed by atoms with Crippen LogP contribution in [0.5, 0.6) is 0 Å². The molecule has 1 aliphatic rings. The van der Waals surface area contributed by atoms with Crippen LogP contribution in [0.1, 0.15) is 38.7 Å². The molecule has 1 unspecified atom stereocenters. The predicted molar refractivity (Wildman–Crippen MR) is 55.7 cm³/mol. The van der Waals surface area contributed by atoms with Crippen molar-refractivity contribution in [3.8, 4) is 0 Å². The topological polar surface area (TPSA) is 33.1 Å². The zero-order chi connectivity index (χ0) is 11.1. The summed E-state index contributed by atoms with van der Waals surface area (Å²) in [6.07, 6.45) is 5.04. The van der Waals surface area contributed by atoms with Gasteiger partial charge in [-0.2, -0.15) is 0 Å². The molecule has 1 aromatic heterocycles.